The molecule has 2 heterocycles. The highest BCUT2D eigenvalue weighted by Crippen LogP contribution is 2.34. The number of hydrogen-bond donors (Lipinski definition) is 1. The zero-order valence-corrected chi connectivity index (χ0v) is 18.8. The highest BCUT2D eigenvalue weighted by molar-refractivity contribution is 6.31. The lowest BCUT2D eigenvalue weighted by Gasteiger charge is -2.11. The number of para-hydroxylation sites is 1. The summed E-state index contributed by atoms with van der Waals surface area (Å²) < 4.78 is 44.9. The summed E-state index contributed by atoms with van der Waals surface area (Å²) in [5.74, 6) is 0.0153. The Labute approximate surface area is 206 Å². The fourth-order valence-electron chi connectivity index (χ4n) is 3.09. The molecule has 0 saturated heterocycles. The van der Waals surface area contributed by atoms with Gasteiger partial charge in [0.1, 0.15) is 28.3 Å². The number of nitrogens with zero attached hydrogens (tertiary/aromatic N) is 5. The fourth-order valence-corrected chi connectivity index (χ4v) is 3.29. The first-order valence-electron chi connectivity index (χ1n) is 10.1. The number of halogens is 4. The molecule has 4 aromatic rings. The van der Waals surface area contributed by atoms with Gasteiger partial charge in [0.05, 0.1) is 11.3 Å². The van der Waals surface area contributed by atoms with E-state index in [1.165, 1.54) is 18.3 Å². The van der Waals surface area contributed by atoms with Crippen LogP contribution in [0.15, 0.2) is 76.6 Å². The van der Waals surface area contributed by atoms with E-state index in [4.69, 9.17) is 22.1 Å². The van der Waals surface area contributed by atoms with Crippen molar-refractivity contribution in [3.63, 3.8) is 0 Å². The molecule has 0 unspecified atom stereocenters. The van der Waals surface area contributed by atoms with Crippen LogP contribution in [0.25, 0.3) is 5.69 Å². The number of benzene rings is 2. The van der Waals surface area contributed by atoms with Crippen LogP contribution in [-0.2, 0) is 6.18 Å². The number of aliphatic imine (C=N–C) groups is 1. The zero-order chi connectivity index (χ0) is 25.9. The van der Waals surface area contributed by atoms with Crippen LogP contribution in [0.1, 0.15) is 16.8 Å². The van der Waals surface area contributed by atoms with Gasteiger partial charge >= 0.3 is 11.9 Å². The first kappa shape index (κ1) is 24.4. The van der Waals surface area contributed by atoms with Gasteiger partial charge in [0, 0.05) is 12.4 Å². The van der Waals surface area contributed by atoms with E-state index in [0.29, 0.717) is 17.4 Å². The second kappa shape index (κ2) is 9.89. The molecule has 36 heavy (non-hydrogen) atoms. The van der Waals surface area contributed by atoms with Gasteiger partial charge in [0.15, 0.2) is 5.69 Å². The molecule has 0 aliphatic carbocycles. The highest BCUT2D eigenvalue weighted by atomic mass is 35.5. The Morgan fingerprint density at radius 3 is 2.44 bits per heavy atom. The minimum Gasteiger partial charge on any atom is -0.438 e. The summed E-state index contributed by atoms with van der Waals surface area (Å²) in [4.78, 5) is 24.1. The summed E-state index contributed by atoms with van der Waals surface area (Å²) in [5.41, 5.74) is 5.27. The predicted octanol–water partition coefficient (Wildman–Crippen LogP) is 5.30. The van der Waals surface area contributed by atoms with Crippen molar-refractivity contribution in [2.45, 2.75) is 6.18 Å². The molecule has 0 amide bonds. The number of nitrogens with two attached hydrogens (primary N) is 1. The minimum atomic E-state index is -4.57. The van der Waals surface area contributed by atoms with E-state index in [0.717, 1.165) is 10.6 Å². The van der Waals surface area contributed by atoms with Crippen LogP contribution < -0.4 is 16.2 Å². The second-order valence-corrected chi connectivity index (χ2v) is 7.60. The topological polar surface area (TPSA) is 119 Å². The highest BCUT2D eigenvalue weighted by Gasteiger charge is 2.31. The molecule has 0 spiro atoms. The molecule has 0 fully saturated rings. The van der Waals surface area contributed by atoms with Crippen LogP contribution in [0.2, 0.25) is 5.02 Å². The van der Waals surface area contributed by atoms with Crippen LogP contribution >= 0.6 is 11.6 Å². The Balaban J connectivity index is 1.59. The van der Waals surface area contributed by atoms with Crippen molar-refractivity contribution in [3.05, 3.63) is 99.2 Å². The monoisotopic (exact) mass is 510 g/mol. The Hall–Kier alpha value is -4.69. The largest absolute Gasteiger partial charge is 0.438 e. The third-order valence-corrected chi connectivity index (χ3v) is 5.07. The van der Waals surface area contributed by atoms with Gasteiger partial charge in [0.2, 0.25) is 5.88 Å². The van der Waals surface area contributed by atoms with Crippen molar-refractivity contribution in [1.29, 1.82) is 5.26 Å². The average molecular weight is 511 g/mol. The molecule has 0 saturated carbocycles. The number of alkyl halides is 3. The molecule has 8 nitrogen and oxygen atoms in total. The number of nitrogen functional groups attached to an aromatic ring is 1. The van der Waals surface area contributed by atoms with Gasteiger partial charge < -0.3 is 10.5 Å². The van der Waals surface area contributed by atoms with Gasteiger partial charge in [0.25, 0.3) is 0 Å². The second-order valence-electron chi connectivity index (χ2n) is 7.20. The molecule has 0 atom stereocenters. The summed E-state index contributed by atoms with van der Waals surface area (Å²) in [6.07, 6.45) is -2.54. The standard InChI is InChI=1S/C24H14ClF3N6O2/c25-18-10-15(24(26,27)28)13-32-22(18)36-17-8-6-14(7-9-17)12-31-20-19(11-29)33-23(35)34(21(20)30)16-4-2-1-3-5-16/h1-10,12-13H,30H2. The van der Waals surface area contributed by atoms with Gasteiger partial charge in [-0.15, -0.1) is 0 Å². The van der Waals surface area contributed by atoms with Crippen molar-refractivity contribution in [2.75, 3.05) is 5.73 Å². The van der Waals surface area contributed by atoms with Gasteiger partial charge in [-0.3, -0.25) is 0 Å². The first-order valence-corrected chi connectivity index (χ1v) is 10.5. The summed E-state index contributed by atoms with van der Waals surface area (Å²) in [6.45, 7) is 0. The van der Waals surface area contributed by atoms with Crippen molar-refractivity contribution in [2.24, 2.45) is 4.99 Å². The summed E-state index contributed by atoms with van der Waals surface area (Å²) >= 11 is 5.87. The zero-order valence-electron chi connectivity index (χ0n) is 18.1. The van der Waals surface area contributed by atoms with Crippen LogP contribution in [0.4, 0.5) is 24.7 Å². The first-order chi connectivity index (χ1) is 17.2. The van der Waals surface area contributed by atoms with Gasteiger partial charge in [-0.05, 0) is 48.0 Å². The number of hydrogen-bond acceptors (Lipinski definition) is 7. The van der Waals surface area contributed by atoms with E-state index in [1.807, 2.05) is 6.07 Å². The lowest BCUT2D eigenvalue weighted by atomic mass is 10.2. The molecule has 180 valence electrons. The van der Waals surface area contributed by atoms with Crippen LogP contribution in [0.3, 0.4) is 0 Å². The van der Waals surface area contributed by atoms with Crippen molar-refractivity contribution in [3.8, 4) is 23.4 Å². The number of aromatic nitrogens is 3. The van der Waals surface area contributed by atoms with Crippen molar-refractivity contribution in [1.82, 2.24) is 14.5 Å². The SMILES string of the molecule is N#Cc1nc(=O)n(-c2ccccc2)c(N)c1N=Cc1ccc(Oc2ncc(C(F)(F)F)cc2Cl)cc1. The number of pyridine rings is 1. The molecule has 2 aromatic heterocycles. The molecular weight excluding hydrogens is 497 g/mol. The number of rotatable bonds is 5. The molecule has 0 bridgehead atoms. The Morgan fingerprint density at radius 2 is 1.83 bits per heavy atom. The maximum absolute atomic E-state index is 12.8. The van der Waals surface area contributed by atoms with Crippen LogP contribution in [0.5, 0.6) is 11.6 Å². The fraction of sp³-hybridized carbons (Fsp3) is 0.0417. The van der Waals surface area contributed by atoms with E-state index < -0.39 is 17.4 Å². The van der Waals surface area contributed by atoms with E-state index >= 15 is 0 Å². The van der Waals surface area contributed by atoms with Crippen LogP contribution in [0, 0.1) is 11.3 Å². The summed E-state index contributed by atoms with van der Waals surface area (Å²) in [5, 5.41) is 9.11. The smallest absolute Gasteiger partial charge is 0.417 e. The normalized spacial score (nSPS) is 11.4. The maximum atomic E-state index is 12.8. The number of anilines is 1. The third kappa shape index (κ3) is 5.18. The lowest BCUT2D eigenvalue weighted by Crippen LogP contribution is -2.25. The third-order valence-electron chi connectivity index (χ3n) is 4.80. The number of nitriles is 1. The molecular formula is C24H14ClF3N6O2. The quantitative estimate of drug-likeness (QED) is 0.364. The maximum Gasteiger partial charge on any atom is 0.417 e. The molecule has 4 rings (SSSR count). The van der Waals surface area contributed by atoms with E-state index in [9.17, 15) is 23.2 Å². The molecule has 2 N–H and O–H groups in total. The van der Waals surface area contributed by atoms with Gasteiger partial charge in [-0.25, -0.2) is 19.3 Å². The van der Waals surface area contributed by atoms with Crippen molar-refractivity contribution < 1.29 is 17.9 Å². The molecule has 2 aromatic carbocycles. The molecule has 0 radical (unpaired) electrons. The summed E-state index contributed by atoms with van der Waals surface area (Å²) in [7, 11) is 0. The molecule has 12 heteroatoms. The van der Waals surface area contributed by atoms with Gasteiger partial charge in [-0.2, -0.15) is 23.4 Å². The Bertz CT molecular complexity index is 1550. The average Bonchev–Trinajstić information content (AvgIpc) is 2.85. The summed E-state index contributed by atoms with van der Waals surface area (Å²) in [6, 6.07) is 17.3. The Morgan fingerprint density at radius 1 is 1.14 bits per heavy atom. The molecule has 0 aliphatic rings. The number of ether oxygens (including phenoxy) is 1. The van der Waals surface area contributed by atoms with E-state index in [-0.39, 0.29) is 33.9 Å². The van der Waals surface area contributed by atoms with E-state index in [1.54, 1.807) is 42.5 Å². The van der Waals surface area contributed by atoms with Gasteiger partial charge in [-0.1, -0.05) is 29.8 Å². The molecule has 0 aliphatic heterocycles. The lowest BCUT2D eigenvalue weighted by molar-refractivity contribution is -0.137. The van der Waals surface area contributed by atoms with Crippen LogP contribution in [-0.4, -0.2) is 20.7 Å². The van der Waals surface area contributed by atoms with E-state index in [2.05, 4.69) is 15.0 Å². The Kier molecular flexibility index (Phi) is 6.71. The predicted molar refractivity (Wildman–Crippen MR) is 127 cm³/mol. The van der Waals surface area contributed by atoms with Crippen molar-refractivity contribution >= 4 is 29.3 Å². The minimum absolute atomic E-state index is 0.0158.